The Labute approximate surface area is 118 Å². The van der Waals surface area contributed by atoms with Crippen molar-refractivity contribution in [3.05, 3.63) is 23.8 Å². The Bertz CT molecular complexity index is 606. The first-order valence-corrected chi connectivity index (χ1v) is 8.23. The molecule has 0 aliphatic carbocycles. The lowest BCUT2D eigenvalue weighted by molar-refractivity contribution is 0.0962. The molecule has 5 nitrogen and oxygen atoms in total. The van der Waals surface area contributed by atoms with Gasteiger partial charge in [0.1, 0.15) is 11.5 Å². The van der Waals surface area contributed by atoms with Gasteiger partial charge in [-0.25, -0.2) is 8.42 Å². The van der Waals surface area contributed by atoms with Crippen LogP contribution in [0.1, 0.15) is 23.2 Å². The van der Waals surface area contributed by atoms with E-state index in [0.29, 0.717) is 23.5 Å². The Morgan fingerprint density at radius 3 is 2.60 bits per heavy atom. The van der Waals surface area contributed by atoms with Crippen LogP contribution in [0.15, 0.2) is 18.2 Å². The smallest absolute Gasteiger partial charge is 0.167 e. The van der Waals surface area contributed by atoms with Crippen molar-refractivity contribution in [1.29, 1.82) is 0 Å². The van der Waals surface area contributed by atoms with Crippen molar-refractivity contribution in [3.8, 4) is 11.5 Å². The largest absolute Gasteiger partial charge is 0.497 e. The molecule has 1 unspecified atom stereocenters. The van der Waals surface area contributed by atoms with Gasteiger partial charge in [-0.1, -0.05) is 0 Å². The second-order valence-electron chi connectivity index (χ2n) is 4.96. The van der Waals surface area contributed by atoms with Crippen LogP contribution in [0.25, 0.3) is 0 Å². The van der Waals surface area contributed by atoms with Crippen molar-refractivity contribution in [3.63, 3.8) is 0 Å². The molecule has 6 heteroatoms. The summed E-state index contributed by atoms with van der Waals surface area (Å²) in [6.45, 7) is 0. The number of carbonyl (C=O) groups is 1. The molecule has 20 heavy (non-hydrogen) atoms. The second-order valence-corrected chi connectivity index (χ2v) is 7.19. The summed E-state index contributed by atoms with van der Waals surface area (Å²) in [5, 5.41) is 0. The van der Waals surface area contributed by atoms with Crippen molar-refractivity contribution in [1.82, 2.24) is 0 Å². The predicted molar refractivity (Wildman–Crippen MR) is 75.3 cm³/mol. The SMILES string of the molecule is COc1ccc(OC)c(C(=O)CC2CCS(=O)(=O)C2)c1. The van der Waals surface area contributed by atoms with Gasteiger partial charge in [0.05, 0.1) is 31.3 Å². The maximum atomic E-state index is 12.3. The number of hydrogen-bond donors (Lipinski definition) is 0. The number of rotatable bonds is 5. The Morgan fingerprint density at radius 1 is 1.30 bits per heavy atom. The molecule has 1 aromatic rings. The molecule has 2 rings (SSSR count). The number of benzene rings is 1. The fourth-order valence-electron chi connectivity index (χ4n) is 2.44. The van der Waals surface area contributed by atoms with Gasteiger partial charge in [-0.05, 0) is 30.5 Å². The van der Waals surface area contributed by atoms with Crippen LogP contribution >= 0.6 is 0 Å². The molecule has 0 saturated carbocycles. The van der Waals surface area contributed by atoms with E-state index in [1.165, 1.54) is 14.2 Å². The van der Waals surface area contributed by atoms with Crippen molar-refractivity contribution in [2.24, 2.45) is 5.92 Å². The van der Waals surface area contributed by atoms with Gasteiger partial charge in [0.25, 0.3) is 0 Å². The summed E-state index contributed by atoms with van der Waals surface area (Å²) in [4.78, 5) is 12.3. The molecule has 0 N–H and O–H groups in total. The van der Waals surface area contributed by atoms with Crippen molar-refractivity contribution < 1.29 is 22.7 Å². The molecule has 1 aliphatic rings. The molecule has 0 aromatic heterocycles. The van der Waals surface area contributed by atoms with Crippen molar-refractivity contribution in [2.45, 2.75) is 12.8 Å². The predicted octanol–water partition coefficient (Wildman–Crippen LogP) is 1.71. The third-order valence-corrected chi connectivity index (χ3v) is 5.34. The van der Waals surface area contributed by atoms with E-state index in [-0.39, 0.29) is 29.6 Å². The Balaban J connectivity index is 2.16. The molecule has 110 valence electrons. The quantitative estimate of drug-likeness (QED) is 0.774. The molecule has 1 saturated heterocycles. The molecule has 1 heterocycles. The summed E-state index contributed by atoms with van der Waals surface area (Å²) in [7, 11) is 0.0661. The highest BCUT2D eigenvalue weighted by Crippen LogP contribution is 2.29. The fourth-order valence-corrected chi connectivity index (χ4v) is 4.30. The van der Waals surface area contributed by atoms with Gasteiger partial charge in [0, 0.05) is 6.42 Å². The van der Waals surface area contributed by atoms with Crippen LogP contribution in [0.5, 0.6) is 11.5 Å². The number of sulfone groups is 1. The average Bonchev–Trinajstić information content (AvgIpc) is 2.77. The minimum atomic E-state index is -2.96. The summed E-state index contributed by atoms with van der Waals surface area (Å²) >= 11 is 0. The highest BCUT2D eigenvalue weighted by molar-refractivity contribution is 7.91. The lowest BCUT2D eigenvalue weighted by Gasteiger charge is -2.11. The standard InChI is InChI=1S/C14H18O5S/c1-18-11-3-4-14(19-2)12(8-11)13(15)7-10-5-6-20(16,17)9-10/h3-4,8,10H,5-7,9H2,1-2H3. The van der Waals surface area contributed by atoms with E-state index in [1.54, 1.807) is 18.2 Å². The van der Waals surface area contributed by atoms with Gasteiger partial charge in [0.2, 0.25) is 0 Å². The Kier molecular flexibility index (Phi) is 4.32. The van der Waals surface area contributed by atoms with E-state index in [9.17, 15) is 13.2 Å². The molecular weight excluding hydrogens is 280 g/mol. The van der Waals surface area contributed by atoms with E-state index in [4.69, 9.17) is 9.47 Å². The monoisotopic (exact) mass is 298 g/mol. The first kappa shape index (κ1) is 14.8. The summed E-state index contributed by atoms with van der Waals surface area (Å²) in [5.41, 5.74) is 0.441. The van der Waals surface area contributed by atoms with Gasteiger partial charge >= 0.3 is 0 Å². The molecular formula is C14H18O5S. The van der Waals surface area contributed by atoms with E-state index in [2.05, 4.69) is 0 Å². The second kappa shape index (κ2) is 5.83. The third-order valence-electron chi connectivity index (χ3n) is 3.51. The van der Waals surface area contributed by atoms with Crippen molar-refractivity contribution >= 4 is 15.6 Å². The minimum Gasteiger partial charge on any atom is -0.497 e. The zero-order valence-electron chi connectivity index (χ0n) is 11.6. The van der Waals surface area contributed by atoms with Gasteiger partial charge in [-0.3, -0.25) is 4.79 Å². The number of ether oxygens (including phenoxy) is 2. The highest BCUT2D eigenvalue weighted by Gasteiger charge is 2.30. The molecule has 1 aliphatic heterocycles. The average molecular weight is 298 g/mol. The van der Waals surface area contributed by atoms with Crippen LogP contribution in [-0.2, 0) is 9.84 Å². The zero-order chi connectivity index (χ0) is 14.8. The summed E-state index contributed by atoms with van der Waals surface area (Å²) in [6.07, 6.45) is 0.781. The van der Waals surface area contributed by atoms with E-state index < -0.39 is 9.84 Å². The molecule has 1 fully saturated rings. The third kappa shape index (κ3) is 3.30. The maximum Gasteiger partial charge on any atom is 0.167 e. The van der Waals surface area contributed by atoms with Crippen LogP contribution in [0, 0.1) is 5.92 Å². The van der Waals surface area contributed by atoms with Crippen LogP contribution in [0.3, 0.4) is 0 Å². The molecule has 0 spiro atoms. The summed E-state index contributed by atoms with van der Waals surface area (Å²) in [6, 6.07) is 5.03. The Hall–Kier alpha value is -1.56. The van der Waals surface area contributed by atoms with E-state index in [0.717, 1.165) is 0 Å². The van der Waals surface area contributed by atoms with Gasteiger partial charge in [-0.2, -0.15) is 0 Å². The molecule has 0 radical (unpaired) electrons. The first-order chi connectivity index (χ1) is 9.45. The van der Waals surface area contributed by atoms with Gasteiger partial charge in [-0.15, -0.1) is 0 Å². The number of ketones is 1. The van der Waals surface area contributed by atoms with Crippen LogP contribution in [-0.4, -0.2) is 39.9 Å². The lowest BCUT2D eigenvalue weighted by atomic mass is 9.97. The Morgan fingerprint density at radius 2 is 2.05 bits per heavy atom. The fraction of sp³-hybridized carbons (Fsp3) is 0.500. The normalized spacial score (nSPS) is 20.6. The van der Waals surface area contributed by atoms with Crippen LogP contribution in [0.4, 0.5) is 0 Å². The molecule has 1 atom stereocenters. The molecule has 1 aromatic carbocycles. The molecule has 0 bridgehead atoms. The topological polar surface area (TPSA) is 69.7 Å². The highest BCUT2D eigenvalue weighted by atomic mass is 32.2. The zero-order valence-corrected chi connectivity index (χ0v) is 12.4. The summed E-state index contributed by atoms with van der Waals surface area (Å²) < 4.78 is 33.1. The number of Topliss-reactive ketones (excluding diaryl/α,β-unsaturated/α-hetero) is 1. The maximum absolute atomic E-state index is 12.3. The van der Waals surface area contributed by atoms with Crippen molar-refractivity contribution in [2.75, 3.05) is 25.7 Å². The van der Waals surface area contributed by atoms with Gasteiger partial charge in [0.15, 0.2) is 15.6 Å². The number of methoxy groups -OCH3 is 2. The van der Waals surface area contributed by atoms with Gasteiger partial charge < -0.3 is 9.47 Å². The first-order valence-electron chi connectivity index (χ1n) is 6.41. The number of carbonyl (C=O) groups excluding carboxylic acids is 1. The molecule has 0 amide bonds. The van der Waals surface area contributed by atoms with E-state index >= 15 is 0 Å². The van der Waals surface area contributed by atoms with Crippen LogP contribution in [0.2, 0.25) is 0 Å². The lowest BCUT2D eigenvalue weighted by Crippen LogP contribution is -2.11. The number of hydrogen-bond acceptors (Lipinski definition) is 5. The minimum absolute atomic E-state index is 0.0941. The van der Waals surface area contributed by atoms with Crippen LogP contribution < -0.4 is 9.47 Å². The van der Waals surface area contributed by atoms with E-state index in [1.807, 2.05) is 0 Å². The summed E-state index contributed by atoms with van der Waals surface area (Å²) in [5.74, 6) is 1.14.